The van der Waals surface area contributed by atoms with Crippen LogP contribution in [0.3, 0.4) is 0 Å². The number of benzene rings is 1. The molecule has 0 spiro atoms. The van der Waals surface area contributed by atoms with Gasteiger partial charge in [0.2, 0.25) is 16.9 Å². The first-order chi connectivity index (χ1) is 10.0. The lowest BCUT2D eigenvalue weighted by Gasteiger charge is -2.06. The molecule has 0 aliphatic carbocycles. The zero-order chi connectivity index (χ0) is 15.0. The van der Waals surface area contributed by atoms with Gasteiger partial charge in [-0.2, -0.15) is 4.98 Å². The van der Waals surface area contributed by atoms with E-state index in [1.165, 1.54) is 11.3 Å². The minimum atomic E-state index is -0.664. The van der Waals surface area contributed by atoms with Crippen LogP contribution in [-0.4, -0.2) is 14.9 Å². The van der Waals surface area contributed by atoms with E-state index in [9.17, 15) is 14.5 Å². The lowest BCUT2D eigenvalue weighted by atomic mass is 10.3. The van der Waals surface area contributed by atoms with Crippen LogP contribution in [0.1, 0.15) is 0 Å². The predicted molar refractivity (Wildman–Crippen MR) is 75.6 cm³/mol. The molecule has 0 bridgehead atoms. The molecule has 1 aromatic carbocycles. The van der Waals surface area contributed by atoms with Crippen LogP contribution in [0, 0.1) is 15.9 Å². The molecule has 0 saturated heterocycles. The largest absolute Gasteiger partial charge is 0.431 e. The highest BCUT2D eigenvalue weighted by Gasteiger charge is 2.19. The molecule has 6 nitrogen and oxygen atoms in total. The summed E-state index contributed by atoms with van der Waals surface area (Å²) >= 11 is 7.09. The Bertz CT molecular complexity index is 855. The Labute approximate surface area is 125 Å². The van der Waals surface area contributed by atoms with Crippen LogP contribution in [0.4, 0.5) is 10.1 Å². The van der Waals surface area contributed by atoms with E-state index >= 15 is 0 Å². The number of nitro groups is 1. The van der Waals surface area contributed by atoms with Crippen molar-refractivity contribution in [2.75, 3.05) is 0 Å². The predicted octanol–water partition coefficient (Wildman–Crippen LogP) is 4.18. The van der Waals surface area contributed by atoms with Gasteiger partial charge in [0.15, 0.2) is 0 Å². The van der Waals surface area contributed by atoms with Crippen molar-refractivity contribution in [3.8, 4) is 11.6 Å². The van der Waals surface area contributed by atoms with Crippen molar-refractivity contribution in [3.63, 3.8) is 0 Å². The van der Waals surface area contributed by atoms with Gasteiger partial charge in [0.05, 0.1) is 10.3 Å². The van der Waals surface area contributed by atoms with Crippen molar-refractivity contribution in [2.45, 2.75) is 0 Å². The van der Waals surface area contributed by atoms with Gasteiger partial charge in [-0.25, -0.2) is 9.37 Å². The van der Waals surface area contributed by atoms with Crippen LogP contribution in [0.5, 0.6) is 11.6 Å². The zero-order valence-corrected chi connectivity index (χ0v) is 11.7. The molecule has 0 aliphatic heterocycles. The van der Waals surface area contributed by atoms with Crippen LogP contribution >= 0.6 is 22.9 Å². The van der Waals surface area contributed by atoms with Gasteiger partial charge < -0.3 is 4.74 Å². The Morgan fingerprint density at radius 1 is 1.33 bits per heavy atom. The molecule has 2 aromatic heterocycles. The summed E-state index contributed by atoms with van der Waals surface area (Å²) in [4.78, 5) is 18.7. The second-order valence-corrected chi connectivity index (χ2v) is 5.14. The molecule has 0 atom stereocenters. The van der Waals surface area contributed by atoms with E-state index in [0.29, 0.717) is 10.2 Å². The Hall–Kier alpha value is -2.32. The summed E-state index contributed by atoms with van der Waals surface area (Å²) in [6, 6.07) is 4.62. The number of fused-ring (bicyclic) bond motifs is 1. The first-order valence-corrected chi connectivity index (χ1v) is 6.83. The van der Waals surface area contributed by atoms with Crippen molar-refractivity contribution < 1.29 is 14.1 Å². The van der Waals surface area contributed by atoms with Crippen molar-refractivity contribution >= 4 is 38.8 Å². The fourth-order valence-corrected chi connectivity index (χ4v) is 2.67. The summed E-state index contributed by atoms with van der Waals surface area (Å²) in [7, 11) is 0. The fourth-order valence-electron chi connectivity index (χ4n) is 1.71. The average Bonchev–Trinajstić information content (AvgIpc) is 2.86. The van der Waals surface area contributed by atoms with Crippen molar-refractivity contribution in [1.29, 1.82) is 0 Å². The minimum absolute atomic E-state index is 0.0416. The summed E-state index contributed by atoms with van der Waals surface area (Å²) < 4.78 is 18.7. The standard InChI is InChI=1S/C12H5ClFN3O3S/c13-12-15-10(7-3-4-21-11(7)16-12)20-9-5-6(14)1-2-8(9)17(18)19/h1-5H. The van der Waals surface area contributed by atoms with E-state index in [1.807, 2.05) is 0 Å². The molecular weight excluding hydrogens is 321 g/mol. The summed E-state index contributed by atoms with van der Waals surface area (Å²) in [5.74, 6) is -0.862. The second kappa shape index (κ2) is 5.23. The first kappa shape index (κ1) is 13.7. The van der Waals surface area contributed by atoms with Crippen molar-refractivity contribution in [2.24, 2.45) is 0 Å². The van der Waals surface area contributed by atoms with Gasteiger partial charge in [-0.3, -0.25) is 10.1 Å². The fraction of sp³-hybridized carbons (Fsp3) is 0. The van der Waals surface area contributed by atoms with Crippen molar-refractivity contribution in [1.82, 2.24) is 9.97 Å². The molecule has 106 valence electrons. The van der Waals surface area contributed by atoms with Gasteiger partial charge in [0.1, 0.15) is 10.6 Å². The van der Waals surface area contributed by atoms with Gasteiger partial charge in [-0.15, -0.1) is 11.3 Å². The minimum Gasteiger partial charge on any atom is -0.431 e. The number of rotatable bonds is 3. The van der Waals surface area contributed by atoms with Crippen LogP contribution in [0.25, 0.3) is 10.2 Å². The van der Waals surface area contributed by atoms with Crippen LogP contribution < -0.4 is 4.74 Å². The number of hydrogen-bond donors (Lipinski definition) is 0. The quantitative estimate of drug-likeness (QED) is 0.410. The lowest BCUT2D eigenvalue weighted by molar-refractivity contribution is -0.385. The zero-order valence-electron chi connectivity index (χ0n) is 10.1. The van der Waals surface area contributed by atoms with Gasteiger partial charge in [0.25, 0.3) is 0 Å². The van der Waals surface area contributed by atoms with Crippen molar-refractivity contribution in [3.05, 3.63) is 50.9 Å². The molecule has 2 heterocycles. The number of thiophene rings is 1. The molecule has 0 unspecified atom stereocenters. The molecule has 0 radical (unpaired) electrons. The van der Waals surface area contributed by atoms with Crippen LogP contribution in [0.15, 0.2) is 29.6 Å². The SMILES string of the molecule is O=[N+]([O-])c1ccc(F)cc1Oc1nc(Cl)nc2sccc12. The highest BCUT2D eigenvalue weighted by molar-refractivity contribution is 7.16. The number of ether oxygens (including phenoxy) is 1. The summed E-state index contributed by atoms with van der Waals surface area (Å²) in [5.41, 5.74) is -0.366. The van der Waals surface area contributed by atoms with E-state index in [0.717, 1.165) is 18.2 Å². The topological polar surface area (TPSA) is 78.2 Å². The Morgan fingerprint density at radius 2 is 2.14 bits per heavy atom. The van der Waals surface area contributed by atoms with E-state index in [4.69, 9.17) is 16.3 Å². The number of halogens is 2. The van der Waals surface area contributed by atoms with Crippen LogP contribution in [0.2, 0.25) is 5.28 Å². The first-order valence-electron chi connectivity index (χ1n) is 5.57. The number of hydrogen-bond acceptors (Lipinski definition) is 6. The number of aromatic nitrogens is 2. The average molecular weight is 326 g/mol. The Morgan fingerprint density at radius 3 is 2.90 bits per heavy atom. The van der Waals surface area contributed by atoms with Gasteiger partial charge in [-0.1, -0.05) is 0 Å². The van der Waals surface area contributed by atoms with Gasteiger partial charge in [0, 0.05) is 12.1 Å². The molecule has 0 fully saturated rings. The number of nitrogens with zero attached hydrogens (tertiary/aromatic N) is 3. The van der Waals surface area contributed by atoms with Crippen LogP contribution in [-0.2, 0) is 0 Å². The third-order valence-corrected chi connectivity index (χ3v) is 3.56. The lowest BCUT2D eigenvalue weighted by Crippen LogP contribution is -1.96. The third-order valence-electron chi connectivity index (χ3n) is 2.59. The molecule has 9 heteroatoms. The smallest absolute Gasteiger partial charge is 0.311 e. The summed E-state index contributed by atoms with van der Waals surface area (Å²) in [6.07, 6.45) is 0. The molecular formula is C12H5ClFN3O3S. The van der Waals surface area contributed by atoms with E-state index in [2.05, 4.69) is 9.97 Å². The Kier molecular flexibility index (Phi) is 3.40. The molecule has 3 aromatic rings. The Balaban J connectivity index is 2.12. The molecule has 3 rings (SSSR count). The molecule has 0 aliphatic rings. The maximum atomic E-state index is 13.3. The van der Waals surface area contributed by atoms with E-state index in [-0.39, 0.29) is 22.6 Å². The molecule has 0 N–H and O–H groups in total. The number of nitro benzene ring substituents is 1. The van der Waals surface area contributed by atoms with Gasteiger partial charge in [-0.05, 0) is 29.1 Å². The highest BCUT2D eigenvalue weighted by Crippen LogP contribution is 2.35. The normalized spacial score (nSPS) is 10.8. The van der Waals surface area contributed by atoms with E-state index in [1.54, 1.807) is 11.4 Å². The third kappa shape index (κ3) is 2.63. The highest BCUT2D eigenvalue weighted by atomic mass is 35.5. The summed E-state index contributed by atoms with van der Waals surface area (Å²) in [5, 5.41) is 13.2. The summed E-state index contributed by atoms with van der Waals surface area (Å²) in [6.45, 7) is 0. The molecule has 21 heavy (non-hydrogen) atoms. The van der Waals surface area contributed by atoms with E-state index < -0.39 is 10.7 Å². The molecule has 0 saturated carbocycles. The molecule has 0 amide bonds. The second-order valence-electron chi connectivity index (χ2n) is 3.91. The maximum Gasteiger partial charge on any atom is 0.311 e. The monoisotopic (exact) mass is 325 g/mol. The maximum absolute atomic E-state index is 13.3. The van der Waals surface area contributed by atoms with Gasteiger partial charge >= 0.3 is 5.69 Å².